The van der Waals surface area contributed by atoms with Crippen LogP contribution in [0.3, 0.4) is 0 Å². The van der Waals surface area contributed by atoms with Gasteiger partial charge in [0.25, 0.3) is 0 Å². The van der Waals surface area contributed by atoms with Gasteiger partial charge in [0.15, 0.2) is 0 Å². The van der Waals surface area contributed by atoms with Crippen LogP contribution in [0.4, 0.5) is 0 Å². The number of rotatable bonds is 6. The van der Waals surface area contributed by atoms with Gasteiger partial charge >= 0.3 is 0 Å². The van der Waals surface area contributed by atoms with Gasteiger partial charge in [-0.2, -0.15) is 0 Å². The molecule has 0 aliphatic rings. The maximum absolute atomic E-state index is 9.29. The zero-order chi connectivity index (χ0) is 9.61. The Morgan fingerprint density at radius 1 is 1.17 bits per heavy atom. The highest BCUT2D eigenvalue weighted by Crippen LogP contribution is 2.32. The lowest BCUT2D eigenvalue weighted by molar-refractivity contribution is 0.0990. The van der Waals surface area contributed by atoms with Gasteiger partial charge < -0.3 is 5.11 Å². The van der Waals surface area contributed by atoms with E-state index in [4.69, 9.17) is 0 Å². The maximum atomic E-state index is 9.29. The smallest absolute Gasteiger partial charge is 0.0487 e. The molecule has 1 nitrogen and oxygen atoms in total. The summed E-state index contributed by atoms with van der Waals surface area (Å²) in [6.45, 7) is 9.20. The van der Waals surface area contributed by atoms with Crippen LogP contribution in [-0.4, -0.2) is 11.7 Å². The minimum Gasteiger partial charge on any atom is -0.396 e. The lowest BCUT2D eigenvalue weighted by Crippen LogP contribution is -2.24. The molecule has 0 aromatic carbocycles. The molecule has 0 aromatic heterocycles. The Kier molecular flexibility index (Phi) is 5.56. The standard InChI is InChI=1S/C11H24O/c1-5-11(6-2,9-12)8-7-10(3)4/h10,12H,5-9H2,1-4H3. The van der Waals surface area contributed by atoms with E-state index in [0.717, 1.165) is 18.8 Å². The van der Waals surface area contributed by atoms with Crippen molar-refractivity contribution in [2.24, 2.45) is 11.3 Å². The summed E-state index contributed by atoms with van der Waals surface area (Å²) in [5, 5.41) is 9.29. The van der Waals surface area contributed by atoms with Crippen LogP contribution in [-0.2, 0) is 0 Å². The van der Waals surface area contributed by atoms with Crippen molar-refractivity contribution in [1.29, 1.82) is 0 Å². The Hall–Kier alpha value is -0.0400. The van der Waals surface area contributed by atoms with Crippen LogP contribution in [0.25, 0.3) is 0 Å². The van der Waals surface area contributed by atoms with E-state index in [9.17, 15) is 5.11 Å². The minimum atomic E-state index is 0.213. The molecule has 0 amide bonds. The molecule has 0 spiro atoms. The van der Waals surface area contributed by atoms with Crippen LogP contribution < -0.4 is 0 Å². The van der Waals surface area contributed by atoms with Crippen LogP contribution in [0.15, 0.2) is 0 Å². The monoisotopic (exact) mass is 172 g/mol. The average molecular weight is 172 g/mol. The van der Waals surface area contributed by atoms with Gasteiger partial charge in [0.2, 0.25) is 0 Å². The highest BCUT2D eigenvalue weighted by molar-refractivity contribution is 4.75. The van der Waals surface area contributed by atoms with Crippen molar-refractivity contribution in [3.8, 4) is 0 Å². The Morgan fingerprint density at radius 2 is 1.67 bits per heavy atom. The Morgan fingerprint density at radius 3 is 1.92 bits per heavy atom. The van der Waals surface area contributed by atoms with E-state index >= 15 is 0 Å². The fourth-order valence-corrected chi connectivity index (χ4v) is 1.50. The molecule has 0 aliphatic heterocycles. The lowest BCUT2D eigenvalue weighted by Gasteiger charge is -2.30. The second-order valence-corrected chi connectivity index (χ2v) is 4.30. The van der Waals surface area contributed by atoms with Crippen molar-refractivity contribution in [2.75, 3.05) is 6.61 Å². The van der Waals surface area contributed by atoms with Crippen LogP contribution in [0.5, 0.6) is 0 Å². The second kappa shape index (κ2) is 5.58. The fraction of sp³-hybridized carbons (Fsp3) is 1.00. The van der Waals surface area contributed by atoms with E-state index in [1.807, 2.05) is 0 Å². The zero-order valence-electron chi connectivity index (χ0n) is 9.06. The molecule has 74 valence electrons. The SMILES string of the molecule is CCC(CC)(CO)CCC(C)C. The Balaban J connectivity index is 3.93. The highest BCUT2D eigenvalue weighted by atomic mass is 16.3. The first-order chi connectivity index (χ1) is 5.60. The average Bonchev–Trinajstić information content (AvgIpc) is 2.08. The van der Waals surface area contributed by atoms with E-state index in [-0.39, 0.29) is 5.41 Å². The first kappa shape index (κ1) is 12.0. The van der Waals surface area contributed by atoms with Crippen molar-refractivity contribution < 1.29 is 5.11 Å². The summed E-state index contributed by atoms with van der Waals surface area (Å²) < 4.78 is 0. The van der Waals surface area contributed by atoms with Crippen molar-refractivity contribution in [2.45, 2.75) is 53.4 Å². The molecule has 0 fully saturated rings. The number of aliphatic hydroxyl groups is 1. The van der Waals surface area contributed by atoms with Crippen molar-refractivity contribution in [3.05, 3.63) is 0 Å². The minimum absolute atomic E-state index is 0.213. The third-order valence-corrected chi connectivity index (χ3v) is 3.09. The third-order valence-electron chi connectivity index (χ3n) is 3.09. The van der Waals surface area contributed by atoms with E-state index in [0.29, 0.717) is 6.61 Å². The normalized spacial score (nSPS) is 12.5. The summed E-state index contributed by atoms with van der Waals surface area (Å²) in [5.74, 6) is 0.758. The predicted octanol–water partition coefficient (Wildman–Crippen LogP) is 3.22. The fourth-order valence-electron chi connectivity index (χ4n) is 1.50. The van der Waals surface area contributed by atoms with Crippen LogP contribution >= 0.6 is 0 Å². The summed E-state index contributed by atoms with van der Waals surface area (Å²) in [6.07, 6.45) is 4.62. The molecule has 1 N–H and O–H groups in total. The van der Waals surface area contributed by atoms with Gasteiger partial charge in [0, 0.05) is 6.61 Å². The molecule has 0 aliphatic carbocycles. The molecule has 0 bridgehead atoms. The molecule has 1 heteroatoms. The second-order valence-electron chi connectivity index (χ2n) is 4.30. The van der Waals surface area contributed by atoms with Gasteiger partial charge in [-0.15, -0.1) is 0 Å². The molecule has 0 saturated heterocycles. The molecular formula is C11H24O. The van der Waals surface area contributed by atoms with Crippen molar-refractivity contribution in [3.63, 3.8) is 0 Å². The Bertz CT molecular complexity index is 95.3. The van der Waals surface area contributed by atoms with Gasteiger partial charge in [-0.3, -0.25) is 0 Å². The lowest BCUT2D eigenvalue weighted by atomic mass is 9.78. The molecular weight excluding hydrogens is 148 g/mol. The molecule has 0 rings (SSSR count). The molecule has 0 unspecified atom stereocenters. The van der Waals surface area contributed by atoms with Gasteiger partial charge in [-0.1, -0.05) is 34.1 Å². The van der Waals surface area contributed by atoms with Gasteiger partial charge in [0.1, 0.15) is 0 Å². The number of hydrogen-bond acceptors (Lipinski definition) is 1. The molecule has 0 aromatic rings. The van der Waals surface area contributed by atoms with Crippen LogP contribution in [0.2, 0.25) is 0 Å². The van der Waals surface area contributed by atoms with E-state index < -0.39 is 0 Å². The van der Waals surface area contributed by atoms with Crippen molar-refractivity contribution in [1.82, 2.24) is 0 Å². The molecule has 12 heavy (non-hydrogen) atoms. The maximum Gasteiger partial charge on any atom is 0.0487 e. The third kappa shape index (κ3) is 3.57. The summed E-state index contributed by atoms with van der Waals surface area (Å²) in [5.41, 5.74) is 0.213. The zero-order valence-corrected chi connectivity index (χ0v) is 9.06. The van der Waals surface area contributed by atoms with E-state index in [2.05, 4.69) is 27.7 Å². The summed E-state index contributed by atoms with van der Waals surface area (Å²) in [7, 11) is 0. The molecule has 0 heterocycles. The molecule has 0 radical (unpaired) electrons. The summed E-state index contributed by atoms with van der Waals surface area (Å²) in [4.78, 5) is 0. The largest absolute Gasteiger partial charge is 0.396 e. The number of hydrogen-bond donors (Lipinski definition) is 1. The van der Waals surface area contributed by atoms with Gasteiger partial charge in [-0.25, -0.2) is 0 Å². The van der Waals surface area contributed by atoms with Gasteiger partial charge in [0.05, 0.1) is 0 Å². The number of aliphatic hydroxyl groups excluding tert-OH is 1. The van der Waals surface area contributed by atoms with Gasteiger partial charge in [-0.05, 0) is 30.6 Å². The first-order valence-corrected chi connectivity index (χ1v) is 5.21. The predicted molar refractivity (Wildman–Crippen MR) is 54.2 cm³/mol. The van der Waals surface area contributed by atoms with Crippen LogP contribution in [0.1, 0.15) is 53.4 Å². The first-order valence-electron chi connectivity index (χ1n) is 5.21. The van der Waals surface area contributed by atoms with E-state index in [1.54, 1.807) is 0 Å². The Labute approximate surface area is 77.2 Å². The highest BCUT2D eigenvalue weighted by Gasteiger charge is 2.24. The summed E-state index contributed by atoms with van der Waals surface area (Å²) in [6, 6.07) is 0. The molecule has 0 atom stereocenters. The topological polar surface area (TPSA) is 20.2 Å². The van der Waals surface area contributed by atoms with E-state index in [1.165, 1.54) is 12.8 Å². The van der Waals surface area contributed by atoms with Crippen LogP contribution in [0, 0.1) is 11.3 Å². The summed E-state index contributed by atoms with van der Waals surface area (Å²) >= 11 is 0. The quantitative estimate of drug-likeness (QED) is 0.652. The molecule has 0 saturated carbocycles. The van der Waals surface area contributed by atoms with Crippen molar-refractivity contribution >= 4 is 0 Å².